The summed E-state index contributed by atoms with van der Waals surface area (Å²) in [7, 11) is 0. The first-order chi connectivity index (χ1) is 43.0. The Morgan fingerprint density at radius 1 is 0.400 bits per heavy atom. The number of nitrogens with one attached hydrogen (secondary N) is 3. The zero-order chi connectivity index (χ0) is 66.3. The first-order valence-corrected chi connectivity index (χ1v) is 28.6. The number of carbonyl (C=O) groups excluding carboxylic acids is 12. The fraction of sp³-hybridized carbons (Fsp3) is 0.500. The van der Waals surface area contributed by atoms with E-state index in [2.05, 4.69) is 30.2 Å². The summed E-state index contributed by atoms with van der Waals surface area (Å²) >= 11 is 0. The van der Waals surface area contributed by atoms with Gasteiger partial charge in [-0.1, -0.05) is 97.9 Å². The zero-order valence-corrected chi connectivity index (χ0v) is 50.7. The molecule has 30 nitrogen and oxygen atoms in total. The van der Waals surface area contributed by atoms with Crippen LogP contribution in [0.3, 0.4) is 0 Å². The highest BCUT2D eigenvalue weighted by molar-refractivity contribution is 5.89. The lowest BCUT2D eigenvalue weighted by molar-refractivity contribution is -0.175. The molecule has 0 bridgehead atoms. The van der Waals surface area contributed by atoms with Crippen LogP contribution in [0.15, 0.2) is 91.0 Å². The zero-order valence-electron chi connectivity index (χ0n) is 50.7. The van der Waals surface area contributed by atoms with Crippen molar-refractivity contribution in [3.05, 3.63) is 108 Å². The number of benzene rings is 3. The molecule has 6 N–H and O–H groups in total. The van der Waals surface area contributed by atoms with E-state index in [9.17, 15) is 73.2 Å². The number of hydroxylamine groups is 6. The molecular weight excluding hydrogens is 1190 g/mol. The summed E-state index contributed by atoms with van der Waals surface area (Å²) in [6.45, 7) is 0.415. The molecule has 0 saturated carbocycles. The second-order valence-corrected chi connectivity index (χ2v) is 20.1. The van der Waals surface area contributed by atoms with E-state index in [1.54, 1.807) is 97.9 Å². The molecule has 0 aliphatic rings. The van der Waals surface area contributed by atoms with E-state index in [-0.39, 0.29) is 99.8 Å². The van der Waals surface area contributed by atoms with Crippen LogP contribution in [0.2, 0.25) is 0 Å². The van der Waals surface area contributed by atoms with Gasteiger partial charge >= 0.3 is 35.8 Å². The Kier molecular flexibility index (Phi) is 35.2. The molecule has 3 unspecified atom stereocenters. The predicted molar refractivity (Wildman–Crippen MR) is 308 cm³/mol. The third-order valence-electron chi connectivity index (χ3n) is 12.9. The molecule has 6 amide bonds. The Morgan fingerprint density at radius 2 is 0.656 bits per heavy atom. The average Bonchev–Trinajstić information content (AvgIpc) is 3.72. The molecule has 0 spiro atoms. The van der Waals surface area contributed by atoms with Gasteiger partial charge in [0.1, 0.15) is 18.1 Å². The summed E-state index contributed by atoms with van der Waals surface area (Å²) in [5, 5.41) is 40.6. The monoisotopic (exact) mass is 1270 g/mol. The minimum absolute atomic E-state index is 0.0593. The third-order valence-corrected chi connectivity index (χ3v) is 12.9. The van der Waals surface area contributed by atoms with Gasteiger partial charge in [-0.25, -0.2) is 15.2 Å². The van der Waals surface area contributed by atoms with Crippen molar-refractivity contribution in [2.24, 2.45) is 5.41 Å². The van der Waals surface area contributed by atoms with Crippen LogP contribution in [-0.2, 0) is 119 Å². The van der Waals surface area contributed by atoms with Gasteiger partial charge in [-0.15, -0.1) is 0 Å². The molecule has 30 heteroatoms. The van der Waals surface area contributed by atoms with Gasteiger partial charge in [0, 0.05) is 64.7 Å². The lowest BCUT2D eigenvalue weighted by Crippen LogP contribution is -2.49. The Morgan fingerprint density at radius 3 is 0.889 bits per heavy atom. The van der Waals surface area contributed by atoms with Crippen molar-refractivity contribution in [1.82, 2.24) is 31.1 Å². The second-order valence-electron chi connectivity index (χ2n) is 20.1. The van der Waals surface area contributed by atoms with E-state index in [4.69, 9.17) is 28.4 Å². The summed E-state index contributed by atoms with van der Waals surface area (Å²) in [5.74, 6) is -9.57. The largest absolute Gasteiger partial charge is 0.428 e. The van der Waals surface area contributed by atoms with Gasteiger partial charge in [0.15, 0.2) is 0 Å². The lowest BCUT2D eigenvalue weighted by Gasteiger charge is -2.32. The number of hydrogen-bond donors (Lipinski definition) is 6. The molecule has 0 radical (unpaired) electrons. The van der Waals surface area contributed by atoms with Crippen molar-refractivity contribution in [3.63, 3.8) is 0 Å². The smallest absolute Gasteiger partial charge is 0.310 e. The SMILES string of the molecule is CCC(COCCC(=O)NC(Cc1ccccc1)C(=O)N(O)CCC(=O)OCOC(C)=O)(COCCC(=O)NC(Cc1ccccc1)C(=O)N(O)CCC(=O)OCOC(C)=O)COCCC(=O)NC(Cc1ccccc1)C(=O)N(O)CCC(=O)OCOC(C)=O. The van der Waals surface area contributed by atoms with E-state index >= 15 is 0 Å². The number of amides is 6. The molecule has 0 saturated heterocycles. The standard InChI is InChI=1S/C60H80N6O24/c1-5-60(36-82-30-24-51(70)61-48(33-45-15-9-6-10-16-45)57(76)64(79)27-21-54(73)88-39-85-42(2)67,37-83-31-25-52(71)62-49(34-46-17-11-7-12-18-46)58(77)65(80)28-22-55(74)89-40-86-43(3)68)38-84-32-26-53(72)63-50(35-47-19-13-8-14-20-47)59(78)66(81)29-23-56(75)90-41-87-44(4)69/h6-20,48-50,79-81H,5,21-41H2,1-4H3,(H,61,70)(H,62,71)(H,63,72). The maximum Gasteiger partial charge on any atom is 0.310 e. The van der Waals surface area contributed by atoms with Crippen molar-refractivity contribution in [1.29, 1.82) is 0 Å². The van der Waals surface area contributed by atoms with Gasteiger partial charge in [-0.2, -0.15) is 0 Å². The van der Waals surface area contributed by atoms with Crippen LogP contribution in [0.25, 0.3) is 0 Å². The van der Waals surface area contributed by atoms with Gasteiger partial charge < -0.3 is 58.6 Å². The minimum atomic E-state index is -1.31. The Balaban J connectivity index is 1.74. The highest BCUT2D eigenvalue weighted by atomic mass is 16.7. The summed E-state index contributed by atoms with van der Waals surface area (Å²) in [4.78, 5) is 150. The van der Waals surface area contributed by atoms with Crippen LogP contribution < -0.4 is 16.0 Å². The van der Waals surface area contributed by atoms with E-state index in [0.717, 1.165) is 20.8 Å². The number of carbonyl (C=O) groups is 12. The highest BCUT2D eigenvalue weighted by Gasteiger charge is 2.33. The molecule has 3 aromatic rings. The third kappa shape index (κ3) is 31.8. The van der Waals surface area contributed by atoms with Crippen LogP contribution in [0, 0.1) is 5.41 Å². The maximum absolute atomic E-state index is 13.5. The lowest BCUT2D eigenvalue weighted by atomic mass is 9.88. The van der Waals surface area contributed by atoms with Gasteiger partial charge in [0.2, 0.25) is 38.1 Å². The average molecular weight is 1270 g/mol. The highest BCUT2D eigenvalue weighted by Crippen LogP contribution is 2.25. The minimum Gasteiger partial charge on any atom is -0.428 e. The maximum atomic E-state index is 13.5. The molecule has 90 heavy (non-hydrogen) atoms. The Hall–Kier alpha value is -8.94. The van der Waals surface area contributed by atoms with Gasteiger partial charge in [0.05, 0.1) is 78.5 Å². The van der Waals surface area contributed by atoms with Crippen LogP contribution >= 0.6 is 0 Å². The van der Waals surface area contributed by atoms with Gasteiger partial charge in [-0.3, -0.25) is 73.2 Å². The van der Waals surface area contributed by atoms with Crippen molar-refractivity contribution < 1.29 is 116 Å². The van der Waals surface area contributed by atoms with Crippen LogP contribution in [0.5, 0.6) is 0 Å². The molecule has 3 rings (SSSR count). The number of esters is 6. The normalized spacial score (nSPS) is 12.4. The van der Waals surface area contributed by atoms with Crippen molar-refractivity contribution >= 4 is 71.3 Å². The quantitative estimate of drug-likeness (QED) is 0.0117. The molecule has 0 fully saturated rings. The topological polar surface area (TPSA) is 394 Å². The first-order valence-electron chi connectivity index (χ1n) is 28.6. The summed E-state index contributed by atoms with van der Waals surface area (Å²) < 4.78 is 46.1. The summed E-state index contributed by atoms with van der Waals surface area (Å²) in [6.07, 6.45) is -2.26. The van der Waals surface area contributed by atoms with Crippen molar-refractivity contribution in [3.8, 4) is 0 Å². The van der Waals surface area contributed by atoms with E-state index in [0.29, 0.717) is 16.7 Å². The van der Waals surface area contributed by atoms with E-state index in [1.807, 2.05) is 0 Å². The number of nitrogens with zero attached hydrogens (tertiary/aromatic N) is 3. The summed E-state index contributed by atoms with van der Waals surface area (Å²) in [6, 6.07) is 21.8. The molecule has 0 heterocycles. The second kappa shape index (κ2) is 42.1. The fourth-order valence-electron chi connectivity index (χ4n) is 7.95. The Labute approximate surface area is 519 Å². The molecule has 0 aromatic heterocycles. The summed E-state index contributed by atoms with van der Waals surface area (Å²) in [5.41, 5.74) is 0.824. The molecule has 0 aliphatic heterocycles. The predicted octanol–water partition coefficient (Wildman–Crippen LogP) is 1.80. The van der Waals surface area contributed by atoms with Crippen molar-refractivity contribution in [2.75, 3.05) is 79.7 Å². The van der Waals surface area contributed by atoms with Gasteiger partial charge in [-0.05, 0) is 23.1 Å². The van der Waals surface area contributed by atoms with E-state index in [1.165, 1.54) is 0 Å². The van der Waals surface area contributed by atoms with E-state index < -0.39 is 154 Å². The van der Waals surface area contributed by atoms with Crippen LogP contribution in [-0.4, -0.2) is 200 Å². The molecule has 3 aromatic carbocycles. The molecular formula is C60H80N6O24. The molecule has 0 aliphatic carbocycles. The number of rotatable bonds is 43. The first kappa shape index (κ1) is 75.3. The van der Waals surface area contributed by atoms with Crippen LogP contribution in [0.1, 0.15) is 89.3 Å². The van der Waals surface area contributed by atoms with Crippen molar-refractivity contribution in [2.45, 2.75) is 110 Å². The molecule has 494 valence electrons. The Bertz CT molecular complexity index is 2490. The molecule has 3 atom stereocenters. The number of hydrogen-bond acceptors (Lipinski definition) is 24. The number of ether oxygens (including phenoxy) is 9. The van der Waals surface area contributed by atoms with Gasteiger partial charge in [0.25, 0.3) is 17.7 Å². The fourth-order valence-corrected chi connectivity index (χ4v) is 7.95. The van der Waals surface area contributed by atoms with Crippen LogP contribution in [0.4, 0.5) is 0 Å².